The van der Waals surface area contributed by atoms with E-state index >= 15 is 4.79 Å². The Bertz CT molecular complexity index is 2000. The number of ether oxygens (including phenoxy) is 2. The molecule has 6 atom stereocenters. The highest BCUT2D eigenvalue weighted by Gasteiger charge is 2.71. The van der Waals surface area contributed by atoms with Crippen molar-refractivity contribution in [1.29, 1.82) is 0 Å². The van der Waals surface area contributed by atoms with Gasteiger partial charge in [0.15, 0.2) is 0 Å². The number of rotatable bonds is 9. The van der Waals surface area contributed by atoms with Gasteiger partial charge in [0.1, 0.15) is 18.1 Å². The van der Waals surface area contributed by atoms with E-state index in [0.717, 1.165) is 42.7 Å². The standard InChI is InChI=1S/C41H41Cl2N3O7/c1-52-26-14-11-23(12-15-26)41-31(38(49)46(40(41)51)44-33-18-13-24(42)21-32(33)43)22-30-27(36(41)28-9-5-6-10-34(28)53-20-19-47)16-17-29-35(30)39(50)45(37(29)48)25-7-3-2-4-8-25/h5-6,9-16,18,21,25,29-31,35-36,44,47H,2-4,7-8,17,19-20,22H2,1H3/t29-,30+,31-,35-,36+,41+/m0/s1. The van der Waals surface area contributed by atoms with Gasteiger partial charge in [-0.15, -0.1) is 0 Å². The van der Waals surface area contributed by atoms with Gasteiger partial charge in [0.25, 0.3) is 11.8 Å². The van der Waals surface area contributed by atoms with Crippen molar-refractivity contribution in [2.75, 3.05) is 25.7 Å². The first-order chi connectivity index (χ1) is 25.7. The number of allylic oxidation sites excluding steroid dienone is 2. The highest BCUT2D eigenvalue weighted by molar-refractivity contribution is 6.36. The molecule has 4 fully saturated rings. The summed E-state index contributed by atoms with van der Waals surface area (Å²) in [5.74, 6) is -3.69. The monoisotopic (exact) mass is 757 g/mol. The highest BCUT2D eigenvalue weighted by Crippen LogP contribution is 2.65. The number of hydrogen-bond donors (Lipinski definition) is 2. The van der Waals surface area contributed by atoms with E-state index in [2.05, 4.69) is 5.43 Å². The van der Waals surface area contributed by atoms with E-state index in [0.29, 0.717) is 39.8 Å². The molecule has 8 rings (SSSR count). The van der Waals surface area contributed by atoms with Gasteiger partial charge >= 0.3 is 0 Å². The smallest absolute Gasteiger partial charge is 0.260 e. The van der Waals surface area contributed by atoms with E-state index in [1.807, 2.05) is 36.4 Å². The molecule has 3 aliphatic carbocycles. The van der Waals surface area contributed by atoms with Crippen LogP contribution in [0.25, 0.3) is 0 Å². The number of nitrogens with one attached hydrogen (secondary N) is 1. The van der Waals surface area contributed by atoms with Crippen LogP contribution in [0.2, 0.25) is 10.0 Å². The summed E-state index contributed by atoms with van der Waals surface area (Å²) in [6.07, 6.45) is 7.18. The zero-order chi connectivity index (χ0) is 37.0. The van der Waals surface area contributed by atoms with E-state index in [1.165, 1.54) is 6.07 Å². The molecule has 4 amide bonds. The number of hydrazine groups is 1. The summed E-state index contributed by atoms with van der Waals surface area (Å²) in [5.41, 5.74) is 3.90. The molecule has 0 bridgehead atoms. The van der Waals surface area contributed by atoms with Crippen molar-refractivity contribution in [3.63, 3.8) is 0 Å². The van der Waals surface area contributed by atoms with Crippen molar-refractivity contribution in [2.24, 2.45) is 23.7 Å². The number of likely N-dealkylation sites (tertiary alicyclic amines) is 1. The number of halogens is 2. The molecular formula is C41H41Cl2N3O7. The van der Waals surface area contributed by atoms with Gasteiger partial charge in [-0.2, -0.15) is 5.01 Å². The maximum atomic E-state index is 15.5. The van der Waals surface area contributed by atoms with Crippen LogP contribution in [0.1, 0.15) is 62.0 Å². The van der Waals surface area contributed by atoms with Crippen LogP contribution in [0.3, 0.4) is 0 Å². The molecule has 53 heavy (non-hydrogen) atoms. The second-order valence-electron chi connectivity index (χ2n) is 14.7. The van der Waals surface area contributed by atoms with Gasteiger partial charge in [-0.25, -0.2) is 0 Å². The Morgan fingerprint density at radius 2 is 1.66 bits per heavy atom. The molecular weight excluding hydrogens is 717 g/mol. The van der Waals surface area contributed by atoms with E-state index in [9.17, 15) is 19.5 Å². The average Bonchev–Trinajstić information content (AvgIpc) is 3.56. The third-order valence-electron chi connectivity index (χ3n) is 12.1. The minimum Gasteiger partial charge on any atom is -0.497 e. The number of para-hydroxylation sites is 1. The molecule has 2 saturated carbocycles. The maximum absolute atomic E-state index is 15.5. The fraction of sp³-hybridized carbons (Fsp3) is 0.415. The summed E-state index contributed by atoms with van der Waals surface area (Å²) in [5, 5.41) is 11.4. The molecule has 5 aliphatic rings. The molecule has 0 unspecified atom stereocenters. The first-order valence-corrected chi connectivity index (χ1v) is 19.1. The van der Waals surface area contributed by atoms with Gasteiger partial charge < -0.3 is 14.6 Å². The number of nitrogens with zero attached hydrogens (tertiary/aromatic N) is 2. The number of carbonyl (C=O) groups excluding carboxylic acids is 4. The Labute approximate surface area is 318 Å². The summed E-state index contributed by atoms with van der Waals surface area (Å²) in [6, 6.07) is 19.2. The third-order valence-corrected chi connectivity index (χ3v) is 12.7. The molecule has 12 heteroatoms. The molecule has 0 spiro atoms. The lowest BCUT2D eigenvalue weighted by Crippen LogP contribution is -2.53. The minimum absolute atomic E-state index is 0.00876. The summed E-state index contributed by atoms with van der Waals surface area (Å²) in [4.78, 5) is 60.7. The Hall–Kier alpha value is -4.38. The van der Waals surface area contributed by atoms with Crippen molar-refractivity contribution < 1.29 is 33.8 Å². The molecule has 10 nitrogen and oxygen atoms in total. The predicted molar refractivity (Wildman–Crippen MR) is 198 cm³/mol. The highest BCUT2D eigenvalue weighted by atomic mass is 35.5. The van der Waals surface area contributed by atoms with Crippen molar-refractivity contribution in [1.82, 2.24) is 9.91 Å². The van der Waals surface area contributed by atoms with Crippen LogP contribution < -0.4 is 14.9 Å². The maximum Gasteiger partial charge on any atom is 0.260 e. The molecule has 2 heterocycles. The molecule has 0 radical (unpaired) electrons. The Morgan fingerprint density at radius 1 is 0.906 bits per heavy atom. The van der Waals surface area contributed by atoms with Gasteiger partial charge in [0.2, 0.25) is 11.8 Å². The van der Waals surface area contributed by atoms with E-state index in [4.69, 9.17) is 32.7 Å². The molecule has 2 N–H and O–H groups in total. The van der Waals surface area contributed by atoms with Crippen molar-refractivity contribution in [3.8, 4) is 11.5 Å². The van der Waals surface area contributed by atoms with Gasteiger partial charge in [-0.3, -0.25) is 29.5 Å². The number of fused-ring (bicyclic) bond motifs is 4. The number of benzene rings is 3. The fourth-order valence-electron chi connectivity index (χ4n) is 9.92. The number of imide groups is 2. The van der Waals surface area contributed by atoms with Crippen molar-refractivity contribution in [2.45, 2.75) is 62.3 Å². The first-order valence-electron chi connectivity index (χ1n) is 18.3. The van der Waals surface area contributed by atoms with Gasteiger partial charge in [-0.05, 0) is 73.6 Å². The van der Waals surface area contributed by atoms with E-state index in [-0.39, 0.29) is 42.5 Å². The number of carbonyl (C=O) groups is 4. The molecule has 3 aromatic rings. The number of amides is 4. The SMILES string of the molecule is COc1ccc([C@@]23C(=O)N(Nc4ccc(Cl)cc4Cl)C(=O)[C@@H]2C[C@@H]2C(=CC[C@@H]4C(=O)N(C5CCCCC5)C(=O)[C@@H]42)[C@@H]3c2ccccc2OCCO)cc1. The lowest BCUT2D eigenvalue weighted by molar-refractivity contribution is -0.144. The number of hydrogen-bond acceptors (Lipinski definition) is 8. The number of anilines is 1. The number of methoxy groups -OCH3 is 1. The van der Waals surface area contributed by atoms with Crippen molar-refractivity contribution >= 4 is 52.5 Å². The van der Waals surface area contributed by atoms with E-state index in [1.54, 1.807) is 42.3 Å². The quantitative estimate of drug-likeness (QED) is 0.183. The second-order valence-corrected chi connectivity index (χ2v) is 15.5. The van der Waals surface area contributed by atoms with Gasteiger partial charge in [-0.1, -0.05) is 84.4 Å². The van der Waals surface area contributed by atoms with E-state index < -0.39 is 46.8 Å². The molecule has 3 aromatic carbocycles. The fourth-order valence-corrected chi connectivity index (χ4v) is 10.4. The zero-order valence-corrected chi connectivity index (χ0v) is 30.8. The minimum atomic E-state index is -1.52. The Kier molecular flexibility index (Phi) is 9.49. The first kappa shape index (κ1) is 35.6. The predicted octanol–water partition coefficient (Wildman–Crippen LogP) is 6.69. The average molecular weight is 759 g/mol. The lowest BCUT2D eigenvalue weighted by Gasteiger charge is -2.50. The van der Waals surface area contributed by atoms with Gasteiger partial charge in [0.05, 0.1) is 47.6 Å². The molecule has 2 aliphatic heterocycles. The van der Waals surface area contributed by atoms with Crippen LogP contribution in [-0.4, -0.2) is 65.0 Å². The van der Waals surface area contributed by atoms with Crippen LogP contribution in [0.5, 0.6) is 11.5 Å². The van der Waals surface area contributed by atoms with Crippen LogP contribution in [-0.2, 0) is 24.6 Å². The van der Waals surface area contributed by atoms with Crippen LogP contribution in [0, 0.1) is 23.7 Å². The summed E-state index contributed by atoms with van der Waals surface area (Å²) < 4.78 is 11.6. The van der Waals surface area contributed by atoms with Crippen molar-refractivity contribution in [3.05, 3.63) is 99.6 Å². The zero-order valence-electron chi connectivity index (χ0n) is 29.3. The Balaban J connectivity index is 1.33. The summed E-state index contributed by atoms with van der Waals surface area (Å²) >= 11 is 12.8. The normalized spacial score (nSPS) is 28.4. The lowest BCUT2D eigenvalue weighted by atomic mass is 9.49. The molecule has 0 aromatic heterocycles. The topological polar surface area (TPSA) is 125 Å². The Morgan fingerprint density at radius 3 is 2.38 bits per heavy atom. The van der Waals surface area contributed by atoms with Crippen LogP contribution >= 0.6 is 23.2 Å². The third kappa shape index (κ3) is 5.63. The number of aliphatic hydroxyl groups is 1. The largest absolute Gasteiger partial charge is 0.497 e. The second kappa shape index (κ2) is 14.1. The van der Waals surface area contributed by atoms with Crippen LogP contribution in [0.4, 0.5) is 5.69 Å². The molecule has 276 valence electrons. The molecule has 2 saturated heterocycles. The summed E-state index contributed by atoms with van der Waals surface area (Å²) in [6.45, 7) is -0.222. The number of aliphatic hydroxyl groups excluding tert-OH is 1. The van der Waals surface area contributed by atoms with Gasteiger partial charge in [0, 0.05) is 22.5 Å². The van der Waals surface area contributed by atoms with Crippen LogP contribution in [0.15, 0.2) is 78.4 Å². The summed E-state index contributed by atoms with van der Waals surface area (Å²) in [7, 11) is 1.56.